The number of nitrogens with one attached hydrogen (secondary N) is 1. The van der Waals surface area contributed by atoms with E-state index in [9.17, 15) is 8.42 Å². The lowest BCUT2D eigenvalue weighted by atomic mass is 10.4. The zero-order valence-corrected chi connectivity index (χ0v) is 10.8. The first-order chi connectivity index (χ1) is 7.51. The van der Waals surface area contributed by atoms with Gasteiger partial charge in [-0.1, -0.05) is 0 Å². The number of hydrogen-bond donors (Lipinski definition) is 2. The van der Waals surface area contributed by atoms with Crippen molar-refractivity contribution in [1.29, 1.82) is 0 Å². The van der Waals surface area contributed by atoms with E-state index in [0.717, 1.165) is 0 Å². The van der Waals surface area contributed by atoms with E-state index in [-0.39, 0.29) is 18.0 Å². The van der Waals surface area contributed by atoms with Crippen LogP contribution in [0.5, 0.6) is 0 Å². The number of sulfonamides is 1. The van der Waals surface area contributed by atoms with Crippen LogP contribution in [0.4, 0.5) is 0 Å². The van der Waals surface area contributed by atoms with E-state index in [4.69, 9.17) is 9.84 Å². The van der Waals surface area contributed by atoms with Crippen LogP contribution in [0.25, 0.3) is 0 Å². The molecule has 0 amide bonds. The normalized spacial score (nSPS) is 11.9. The first kappa shape index (κ1) is 13.6. The summed E-state index contributed by atoms with van der Waals surface area (Å²) in [6, 6.07) is 1.50. The molecule has 0 fully saturated rings. The van der Waals surface area contributed by atoms with Crippen molar-refractivity contribution >= 4 is 21.4 Å². The Morgan fingerprint density at radius 2 is 2.25 bits per heavy atom. The molecule has 0 unspecified atom stereocenters. The number of ether oxygens (including phenoxy) is 1. The Kier molecular flexibility index (Phi) is 4.88. The Balaban J connectivity index is 2.85. The summed E-state index contributed by atoms with van der Waals surface area (Å²) in [7, 11) is -1.98. The topological polar surface area (TPSA) is 75.6 Å². The molecule has 7 heteroatoms. The Bertz CT molecular complexity index is 438. The molecule has 1 aromatic rings. The number of aliphatic hydroxyl groups excluding tert-OH is 1. The molecular weight excluding hydrogens is 250 g/mol. The Morgan fingerprint density at radius 1 is 1.56 bits per heavy atom. The molecule has 0 saturated carbocycles. The molecule has 1 aromatic heterocycles. The van der Waals surface area contributed by atoms with Crippen molar-refractivity contribution in [3.63, 3.8) is 0 Å². The lowest BCUT2D eigenvalue weighted by Gasteiger charge is -2.04. The smallest absolute Gasteiger partial charge is 0.241 e. The molecule has 0 aromatic carbocycles. The first-order valence-corrected chi connectivity index (χ1v) is 7.00. The molecular formula is C9H15NO4S2. The van der Waals surface area contributed by atoms with Crippen molar-refractivity contribution in [2.75, 3.05) is 20.3 Å². The number of aryl methyl sites for hydroxylation is 1. The fourth-order valence-corrected chi connectivity index (χ4v) is 3.73. The van der Waals surface area contributed by atoms with E-state index < -0.39 is 10.0 Å². The maximum Gasteiger partial charge on any atom is 0.241 e. The van der Waals surface area contributed by atoms with Crippen LogP contribution in [0.3, 0.4) is 0 Å². The second kappa shape index (κ2) is 5.74. The summed E-state index contributed by atoms with van der Waals surface area (Å²) in [6.45, 7) is 2.14. The monoisotopic (exact) mass is 265 g/mol. The Morgan fingerprint density at radius 3 is 2.75 bits per heavy atom. The highest BCUT2D eigenvalue weighted by atomic mass is 32.2. The summed E-state index contributed by atoms with van der Waals surface area (Å²) in [6.07, 6.45) is 0. The van der Waals surface area contributed by atoms with Crippen LogP contribution in [0.15, 0.2) is 11.0 Å². The summed E-state index contributed by atoms with van der Waals surface area (Å²) in [4.78, 5) is 1.55. The van der Waals surface area contributed by atoms with Crippen LogP contribution in [0.1, 0.15) is 9.75 Å². The summed E-state index contributed by atoms with van der Waals surface area (Å²) >= 11 is 1.28. The minimum Gasteiger partial charge on any atom is -0.391 e. The molecule has 5 nitrogen and oxygen atoms in total. The standard InChI is InChI=1S/C9H15NO4S2/c1-7-9(5-8(6-11)15-7)16(12,13)10-3-4-14-2/h5,10-11H,3-4,6H2,1-2H3. The van der Waals surface area contributed by atoms with Crippen LogP contribution in [0.2, 0.25) is 0 Å². The lowest BCUT2D eigenvalue weighted by molar-refractivity contribution is 0.204. The highest BCUT2D eigenvalue weighted by Crippen LogP contribution is 2.25. The van der Waals surface area contributed by atoms with Gasteiger partial charge in [-0.3, -0.25) is 0 Å². The SMILES string of the molecule is COCCNS(=O)(=O)c1cc(CO)sc1C. The van der Waals surface area contributed by atoms with Crippen molar-refractivity contribution in [2.45, 2.75) is 18.4 Å². The summed E-state index contributed by atoms with van der Waals surface area (Å²) in [5.74, 6) is 0. The summed E-state index contributed by atoms with van der Waals surface area (Å²) in [5, 5.41) is 8.93. The molecule has 0 aliphatic rings. The first-order valence-electron chi connectivity index (χ1n) is 4.70. The van der Waals surface area contributed by atoms with Gasteiger partial charge in [0.15, 0.2) is 0 Å². The van der Waals surface area contributed by atoms with Gasteiger partial charge in [0.2, 0.25) is 10.0 Å². The molecule has 1 rings (SSSR count). The molecule has 1 heterocycles. The third kappa shape index (κ3) is 3.26. The van der Waals surface area contributed by atoms with E-state index in [1.54, 1.807) is 6.92 Å². The van der Waals surface area contributed by atoms with Crippen molar-refractivity contribution in [3.05, 3.63) is 15.8 Å². The fraction of sp³-hybridized carbons (Fsp3) is 0.556. The maximum atomic E-state index is 11.8. The molecule has 0 saturated heterocycles. The van der Waals surface area contributed by atoms with Crippen molar-refractivity contribution in [3.8, 4) is 0 Å². The second-order valence-electron chi connectivity index (χ2n) is 3.18. The molecule has 0 spiro atoms. The number of rotatable bonds is 6. The van der Waals surface area contributed by atoms with E-state index in [2.05, 4.69) is 4.72 Å². The zero-order valence-electron chi connectivity index (χ0n) is 9.19. The van der Waals surface area contributed by atoms with Gasteiger partial charge in [-0.2, -0.15) is 0 Å². The van der Waals surface area contributed by atoms with E-state index in [0.29, 0.717) is 16.4 Å². The van der Waals surface area contributed by atoms with Gasteiger partial charge in [0.1, 0.15) is 0 Å². The van der Waals surface area contributed by atoms with Crippen LogP contribution >= 0.6 is 11.3 Å². The predicted molar refractivity (Wildman–Crippen MR) is 62.0 cm³/mol. The summed E-state index contributed by atoms with van der Waals surface area (Å²) < 4.78 is 30.8. The van der Waals surface area contributed by atoms with Crippen LogP contribution in [-0.2, 0) is 21.4 Å². The zero-order chi connectivity index (χ0) is 12.2. The predicted octanol–water partition coefficient (Wildman–Crippen LogP) is 0.474. The van der Waals surface area contributed by atoms with Gasteiger partial charge in [-0.15, -0.1) is 11.3 Å². The van der Waals surface area contributed by atoms with Gasteiger partial charge in [-0.25, -0.2) is 13.1 Å². The third-order valence-electron chi connectivity index (χ3n) is 1.97. The van der Waals surface area contributed by atoms with E-state index >= 15 is 0 Å². The molecule has 92 valence electrons. The quantitative estimate of drug-likeness (QED) is 0.733. The average Bonchev–Trinajstić information content (AvgIpc) is 2.60. The van der Waals surface area contributed by atoms with E-state index in [1.807, 2.05) is 0 Å². The average molecular weight is 265 g/mol. The Labute approximate surface area is 99.1 Å². The largest absolute Gasteiger partial charge is 0.391 e. The van der Waals surface area contributed by atoms with Gasteiger partial charge in [-0.05, 0) is 13.0 Å². The minimum absolute atomic E-state index is 0.140. The minimum atomic E-state index is -3.48. The molecule has 0 radical (unpaired) electrons. The molecule has 0 aliphatic carbocycles. The number of methoxy groups -OCH3 is 1. The van der Waals surface area contributed by atoms with Crippen molar-refractivity contribution < 1.29 is 18.3 Å². The van der Waals surface area contributed by atoms with Gasteiger partial charge in [0, 0.05) is 23.4 Å². The van der Waals surface area contributed by atoms with Gasteiger partial charge < -0.3 is 9.84 Å². The van der Waals surface area contributed by atoms with Crippen LogP contribution in [0, 0.1) is 6.92 Å². The maximum absolute atomic E-state index is 11.8. The van der Waals surface area contributed by atoms with E-state index in [1.165, 1.54) is 24.5 Å². The highest BCUT2D eigenvalue weighted by molar-refractivity contribution is 7.89. The molecule has 16 heavy (non-hydrogen) atoms. The molecule has 0 bridgehead atoms. The van der Waals surface area contributed by atoms with Crippen LogP contribution in [-0.4, -0.2) is 33.8 Å². The van der Waals surface area contributed by atoms with Gasteiger partial charge in [0.05, 0.1) is 18.1 Å². The van der Waals surface area contributed by atoms with Gasteiger partial charge in [0.25, 0.3) is 0 Å². The fourth-order valence-electron chi connectivity index (χ4n) is 1.22. The third-order valence-corrected chi connectivity index (χ3v) is 4.72. The lowest BCUT2D eigenvalue weighted by Crippen LogP contribution is -2.27. The molecule has 0 aliphatic heterocycles. The van der Waals surface area contributed by atoms with Crippen LogP contribution < -0.4 is 4.72 Å². The van der Waals surface area contributed by atoms with Crippen molar-refractivity contribution in [2.24, 2.45) is 0 Å². The van der Waals surface area contributed by atoms with Crippen molar-refractivity contribution in [1.82, 2.24) is 4.72 Å². The second-order valence-corrected chi connectivity index (χ2v) is 6.26. The summed E-state index contributed by atoms with van der Waals surface area (Å²) in [5.41, 5.74) is 0. The molecule has 2 N–H and O–H groups in total. The van der Waals surface area contributed by atoms with Gasteiger partial charge >= 0.3 is 0 Å². The Hall–Kier alpha value is -0.470. The number of hydrogen-bond acceptors (Lipinski definition) is 5. The number of aliphatic hydroxyl groups is 1. The highest BCUT2D eigenvalue weighted by Gasteiger charge is 2.18. The number of thiophene rings is 1. The molecule has 0 atom stereocenters.